The van der Waals surface area contributed by atoms with Crippen molar-refractivity contribution >= 4 is 49.2 Å². The van der Waals surface area contributed by atoms with Gasteiger partial charge in [-0.2, -0.15) is 8.42 Å². The number of carbonyl (C=O) groups is 1. The summed E-state index contributed by atoms with van der Waals surface area (Å²) in [5, 5.41) is 20.1. The molecular formula is C18H16BrClN4O6S. The molecule has 0 fully saturated rings. The molecule has 3 rings (SSSR count). The number of anilines is 1. The molecule has 0 radical (unpaired) electrons. The molecule has 0 unspecified atom stereocenters. The molecule has 31 heavy (non-hydrogen) atoms. The van der Waals surface area contributed by atoms with Crippen LogP contribution in [0.3, 0.4) is 0 Å². The third kappa shape index (κ3) is 5.80. The van der Waals surface area contributed by atoms with Crippen molar-refractivity contribution in [2.45, 2.75) is 23.8 Å². The number of halogens is 2. The Morgan fingerprint density at radius 3 is 2.58 bits per heavy atom. The minimum absolute atomic E-state index is 0.107. The second kappa shape index (κ2) is 9.32. The Balaban J connectivity index is 1.64. The van der Waals surface area contributed by atoms with Crippen LogP contribution >= 0.6 is 27.5 Å². The summed E-state index contributed by atoms with van der Waals surface area (Å²) in [6.45, 7) is 0. The lowest BCUT2D eigenvalue weighted by atomic mass is 10.1. The fourth-order valence-corrected chi connectivity index (χ4v) is 3.76. The number of hydrogen-bond acceptors (Lipinski definition) is 8. The van der Waals surface area contributed by atoms with E-state index in [9.17, 15) is 18.3 Å². The van der Waals surface area contributed by atoms with E-state index in [0.717, 1.165) is 16.6 Å². The Hall–Kier alpha value is -2.51. The number of nitrogens with two attached hydrogens (primary N) is 1. The number of rotatable bonds is 7. The minimum Gasteiger partial charge on any atom is -0.504 e. The molecule has 2 aromatic carbocycles. The van der Waals surface area contributed by atoms with Gasteiger partial charge < -0.3 is 20.6 Å². The maximum absolute atomic E-state index is 12.2. The number of phenols is 1. The van der Waals surface area contributed by atoms with Crippen molar-refractivity contribution in [3.8, 4) is 17.2 Å². The van der Waals surface area contributed by atoms with Gasteiger partial charge in [-0.05, 0) is 42.8 Å². The Labute approximate surface area is 190 Å². The highest BCUT2D eigenvalue weighted by molar-refractivity contribution is 9.10. The summed E-state index contributed by atoms with van der Waals surface area (Å²) >= 11 is 9.13. The third-order valence-electron chi connectivity index (χ3n) is 4.12. The quantitative estimate of drug-likeness (QED) is 0.263. The smallest absolute Gasteiger partial charge is 0.298 e. The summed E-state index contributed by atoms with van der Waals surface area (Å²) in [4.78, 5) is 11.4. The largest absolute Gasteiger partial charge is 0.504 e. The van der Waals surface area contributed by atoms with Crippen LogP contribution in [-0.4, -0.2) is 34.2 Å². The van der Waals surface area contributed by atoms with Gasteiger partial charge in [0, 0.05) is 21.5 Å². The van der Waals surface area contributed by atoms with Gasteiger partial charge in [0.1, 0.15) is 4.90 Å². The summed E-state index contributed by atoms with van der Waals surface area (Å²) < 4.78 is 38.2. The lowest BCUT2D eigenvalue weighted by Crippen LogP contribution is -2.17. The van der Waals surface area contributed by atoms with E-state index in [1.165, 1.54) is 0 Å². The number of amides is 1. The fourth-order valence-electron chi connectivity index (χ4n) is 2.58. The Bertz CT molecular complexity index is 1220. The number of aromatic nitrogens is 2. The maximum atomic E-state index is 12.2. The average Bonchev–Trinajstić information content (AvgIpc) is 3.18. The number of phenolic OH excluding ortho intramolecular Hbond substituents is 1. The Kier molecular flexibility index (Phi) is 6.96. The molecule has 0 aliphatic heterocycles. The summed E-state index contributed by atoms with van der Waals surface area (Å²) in [5.41, 5.74) is 6.46. The monoisotopic (exact) mass is 530 g/mol. The molecule has 0 bridgehead atoms. The van der Waals surface area contributed by atoms with Crippen molar-refractivity contribution in [1.29, 1.82) is 0 Å². The van der Waals surface area contributed by atoms with E-state index in [-0.39, 0.29) is 35.3 Å². The van der Waals surface area contributed by atoms with Crippen molar-refractivity contribution < 1.29 is 27.3 Å². The van der Waals surface area contributed by atoms with Crippen LogP contribution in [0.25, 0.3) is 11.5 Å². The fraction of sp³-hybridized carbons (Fsp3) is 0.167. The molecule has 1 aromatic heterocycles. The number of hydrogen-bond donors (Lipinski definition) is 4. The molecule has 3 aromatic rings. The summed E-state index contributed by atoms with van der Waals surface area (Å²) in [7, 11) is -4.74. The van der Waals surface area contributed by atoms with Gasteiger partial charge in [0.25, 0.3) is 10.1 Å². The zero-order valence-corrected chi connectivity index (χ0v) is 18.8. The molecule has 13 heteroatoms. The minimum atomic E-state index is -4.74. The van der Waals surface area contributed by atoms with Gasteiger partial charge >= 0.3 is 0 Å². The highest BCUT2D eigenvalue weighted by Crippen LogP contribution is 2.34. The van der Waals surface area contributed by atoms with Crippen molar-refractivity contribution in [2.75, 3.05) is 5.32 Å². The summed E-state index contributed by atoms with van der Waals surface area (Å²) in [5.74, 6) is -0.989. The Morgan fingerprint density at radius 1 is 1.26 bits per heavy atom. The predicted octanol–water partition coefficient (Wildman–Crippen LogP) is 3.52. The molecule has 1 atom stereocenters. The van der Waals surface area contributed by atoms with Crippen molar-refractivity contribution in [3.05, 3.63) is 51.8 Å². The molecule has 0 aliphatic carbocycles. The first kappa shape index (κ1) is 23.2. The number of benzene rings is 2. The second-order valence-corrected chi connectivity index (χ2v) is 9.16. The number of nitrogens with one attached hydrogen (secondary N) is 1. The zero-order chi connectivity index (χ0) is 22.8. The van der Waals surface area contributed by atoms with Crippen molar-refractivity contribution in [3.63, 3.8) is 0 Å². The average molecular weight is 532 g/mol. The third-order valence-corrected chi connectivity index (χ3v) is 5.74. The van der Waals surface area contributed by atoms with Crippen molar-refractivity contribution in [1.82, 2.24) is 10.2 Å². The van der Waals surface area contributed by atoms with E-state index in [1.54, 1.807) is 12.1 Å². The van der Waals surface area contributed by atoms with E-state index in [1.807, 2.05) is 12.1 Å². The molecule has 164 valence electrons. The molecule has 0 spiro atoms. The normalized spacial score (nSPS) is 12.5. The molecule has 1 amide bonds. The first-order valence-electron chi connectivity index (χ1n) is 8.69. The Morgan fingerprint density at radius 2 is 1.94 bits per heavy atom. The van der Waals surface area contributed by atoms with E-state index < -0.39 is 32.7 Å². The van der Waals surface area contributed by atoms with E-state index in [4.69, 9.17) is 26.3 Å². The van der Waals surface area contributed by atoms with Gasteiger partial charge in [-0.15, -0.1) is 10.2 Å². The number of aromatic hydroxyl groups is 1. The van der Waals surface area contributed by atoms with Crippen LogP contribution < -0.4 is 11.1 Å². The van der Waals surface area contributed by atoms with Gasteiger partial charge in [-0.25, -0.2) is 0 Å². The van der Waals surface area contributed by atoms with Gasteiger partial charge in [0.2, 0.25) is 17.7 Å². The second-order valence-electron chi connectivity index (χ2n) is 6.42. The lowest BCUT2D eigenvalue weighted by molar-refractivity contribution is -0.116. The molecule has 10 nitrogen and oxygen atoms in total. The lowest BCUT2D eigenvalue weighted by Gasteiger charge is -2.11. The van der Waals surface area contributed by atoms with Crippen LogP contribution in [-0.2, 0) is 14.9 Å². The molecule has 1 heterocycles. The summed E-state index contributed by atoms with van der Waals surface area (Å²) in [6.07, 6.45) is 0.0185. The van der Waals surface area contributed by atoms with E-state index in [0.29, 0.717) is 5.56 Å². The molecule has 5 N–H and O–H groups in total. The van der Waals surface area contributed by atoms with Gasteiger partial charge in [0.15, 0.2) is 5.75 Å². The van der Waals surface area contributed by atoms with Gasteiger partial charge in [-0.1, -0.05) is 27.5 Å². The number of carbonyl (C=O) groups excluding carboxylic acids is 1. The topological polar surface area (TPSA) is 169 Å². The van der Waals surface area contributed by atoms with Gasteiger partial charge in [0.05, 0.1) is 11.7 Å². The highest BCUT2D eigenvalue weighted by Gasteiger charge is 2.22. The van der Waals surface area contributed by atoms with Crippen LogP contribution in [0.5, 0.6) is 5.75 Å². The molecule has 0 aliphatic rings. The predicted molar refractivity (Wildman–Crippen MR) is 115 cm³/mol. The maximum Gasteiger partial charge on any atom is 0.298 e. The van der Waals surface area contributed by atoms with Crippen LogP contribution in [0, 0.1) is 0 Å². The highest BCUT2D eigenvalue weighted by atomic mass is 79.9. The van der Waals surface area contributed by atoms with Crippen LogP contribution in [0.15, 0.2) is 50.2 Å². The van der Waals surface area contributed by atoms with E-state index in [2.05, 4.69) is 31.4 Å². The first-order valence-corrected chi connectivity index (χ1v) is 11.3. The van der Waals surface area contributed by atoms with E-state index >= 15 is 0 Å². The zero-order valence-electron chi connectivity index (χ0n) is 15.6. The van der Waals surface area contributed by atoms with Crippen molar-refractivity contribution in [2.24, 2.45) is 5.73 Å². The molecule has 0 saturated heterocycles. The number of nitrogens with zero attached hydrogens (tertiary/aromatic N) is 2. The molecular weight excluding hydrogens is 516 g/mol. The first-order chi connectivity index (χ1) is 14.5. The summed E-state index contributed by atoms with van der Waals surface area (Å²) in [6, 6.07) is 8.49. The van der Waals surface area contributed by atoms with Crippen LogP contribution in [0.4, 0.5) is 5.69 Å². The SMILES string of the molecule is N[C@@H](CCC(=O)Nc1cc(Cl)cc(S(=O)(=O)O)c1O)c1nnc(-c2ccc(Br)cc2)o1. The van der Waals surface area contributed by atoms with Gasteiger partial charge in [-0.3, -0.25) is 9.35 Å². The molecule has 0 saturated carbocycles. The van der Waals surface area contributed by atoms with Crippen LogP contribution in [0.1, 0.15) is 24.8 Å². The standard InChI is InChI=1S/C18H16BrClN4O6S/c19-10-3-1-9(2-4-10)17-23-24-18(30-17)12(21)5-6-15(25)22-13-7-11(20)8-14(16(13)26)31(27,28)29/h1-4,7-8,12,26H,5-6,21H2,(H,22,25)(H,27,28,29)/t12-/m0/s1. The van der Waals surface area contributed by atoms with Crippen LogP contribution in [0.2, 0.25) is 5.02 Å².